The lowest BCUT2D eigenvalue weighted by atomic mass is 10.1. The van der Waals surface area contributed by atoms with Crippen LogP contribution in [0.15, 0.2) is 24.3 Å². The number of nitrogens with one attached hydrogen (secondary N) is 2. The Bertz CT molecular complexity index is 959. The highest BCUT2D eigenvalue weighted by molar-refractivity contribution is 6.24. The lowest BCUT2D eigenvalue weighted by molar-refractivity contribution is -0.130. The van der Waals surface area contributed by atoms with Crippen molar-refractivity contribution in [2.45, 2.75) is 24.5 Å². The minimum atomic E-state index is -1.23. The third-order valence-electron chi connectivity index (χ3n) is 5.57. The molecule has 2 N–H and O–H groups in total. The first-order valence-electron chi connectivity index (χ1n) is 8.68. The Balaban J connectivity index is 1.52. The summed E-state index contributed by atoms with van der Waals surface area (Å²) in [5.41, 5.74) is 0.302. The van der Waals surface area contributed by atoms with Crippen molar-refractivity contribution in [1.82, 2.24) is 15.5 Å². The summed E-state index contributed by atoms with van der Waals surface area (Å²) in [4.78, 5) is 51.5. The highest BCUT2D eigenvalue weighted by Crippen LogP contribution is 2.36. The molecule has 2 fully saturated rings. The number of fused-ring (bicyclic) bond motifs is 3. The second kappa shape index (κ2) is 5.46. The maximum Gasteiger partial charge on any atom is 0.262 e. The molecule has 1 aromatic rings. The van der Waals surface area contributed by atoms with Gasteiger partial charge in [0.2, 0.25) is 5.91 Å². The van der Waals surface area contributed by atoms with Gasteiger partial charge in [0.25, 0.3) is 17.7 Å². The van der Waals surface area contributed by atoms with Crippen molar-refractivity contribution in [1.29, 1.82) is 0 Å². The van der Waals surface area contributed by atoms with Gasteiger partial charge in [-0.2, -0.15) is 0 Å². The van der Waals surface area contributed by atoms with E-state index in [0.29, 0.717) is 18.3 Å². The second-order valence-electron chi connectivity index (χ2n) is 7.13. The van der Waals surface area contributed by atoms with Gasteiger partial charge in [-0.05, 0) is 24.6 Å². The molecular formula is C18H15FN4O4. The fourth-order valence-electron chi connectivity index (χ4n) is 4.30. The largest absolute Gasteiger partial charge is 0.363 e. The number of nitrogens with zero attached hydrogens (tertiary/aromatic N) is 2. The van der Waals surface area contributed by atoms with Crippen LogP contribution in [0.1, 0.15) is 27.1 Å². The predicted octanol–water partition coefficient (Wildman–Crippen LogP) is -0.447. The number of halogens is 1. The number of rotatable bonds is 2. The first-order valence-corrected chi connectivity index (χ1v) is 8.68. The maximum atomic E-state index is 14.7. The van der Waals surface area contributed by atoms with Gasteiger partial charge in [-0.25, -0.2) is 4.39 Å². The van der Waals surface area contributed by atoms with Crippen molar-refractivity contribution in [3.8, 4) is 0 Å². The molecule has 3 atom stereocenters. The lowest BCUT2D eigenvalue weighted by Crippen LogP contribution is -2.51. The van der Waals surface area contributed by atoms with Crippen molar-refractivity contribution >= 4 is 29.3 Å². The molecule has 0 radical (unpaired) electrons. The summed E-state index contributed by atoms with van der Waals surface area (Å²) in [6.45, 7) is 1.39. The van der Waals surface area contributed by atoms with Gasteiger partial charge in [-0.15, -0.1) is 0 Å². The van der Waals surface area contributed by atoms with E-state index in [9.17, 15) is 23.6 Å². The van der Waals surface area contributed by atoms with Gasteiger partial charge in [0.1, 0.15) is 11.9 Å². The van der Waals surface area contributed by atoms with Gasteiger partial charge in [-0.3, -0.25) is 29.4 Å². The molecular weight excluding hydrogens is 355 g/mol. The van der Waals surface area contributed by atoms with Gasteiger partial charge < -0.3 is 10.2 Å². The van der Waals surface area contributed by atoms with Crippen molar-refractivity contribution < 1.29 is 23.6 Å². The number of anilines is 1. The van der Waals surface area contributed by atoms with Crippen LogP contribution in [0.5, 0.6) is 0 Å². The summed E-state index contributed by atoms with van der Waals surface area (Å²) in [7, 11) is 0. The van der Waals surface area contributed by atoms with E-state index in [0.717, 1.165) is 30.0 Å². The zero-order valence-corrected chi connectivity index (χ0v) is 14.1. The van der Waals surface area contributed by atoms with Gasteiger partial charge in [-0.1, -0.05) is 0 Å². The molecule has 4 aliphatic heterocycles. The van der Waals surface area contributed by atoms with E-state index in [4.69, 9.17) is 0 Å². The molecule has 9 heteroatoms. The zero-order chi connectivity index (χ0) is 18.9. The molecule has 27 heavy (non-hydrogen) atoms. The van der Waals surface area contributed by atoms with Crippen LogP contribution in [-0.2, 0) is 9.59 Å². The van der Waals surface area contributed by atoms with Crippen molar-refractivity contribution in [3.05, 3.63) is 41.2 Å². The Morgan fingerprint density at radius 2 is 1.81 bits per heavy atom. The van der Waals surface area contributed by atoms with Crippen molar-refractivity contribution in [3.63, 3.8) is 0 Å². The fourth-order valence-corrected chi connectivity index (χ4v) is 4.30. The summed E-state index contributed by atoms with van der Waals surface area (Å²) in [5, 5.41) is 5.39. The molecule has 0 aromatic heterocycles. The van der Waals surface area contributed by atoms with E-state index in [1.165, 1.54) is 12.1 Å². The van der Waals surface area contributed by atoms with E-state index >= 15 is 0 Å². The summed E-state index contributed by atoms with van der Waals surface area (Å²) in [6, 6.07) is 1.70. The summed E-state index contributed by atoms with van der Waals surface area (Å²) in [6.07, 6.45) is 3.21. The minimum absolute atomic E-state index is 0.0677. The average Bonchev–Trinajstić information content (AvgIpc) is 3.31. The topological polar surface area (TPSA) is 98.8 Å². The third kappa shape index (κ3) is 2.24. The molecule has 2 saturated heterocycles. The number of hydrogen-bond donors (Lipinski definition) is 2. The Hall–Kier alpha value is -3.07. The summed E-state index contributed by atoms with van der Waals surface area (Å²) in [5.74, 6) is -3.36. The molecule has 1 aromatic carbocycles. The first kappa shape index (κ1) is 16.1. The second-order valence-corrected chi connectivity index (χ2v) is 7.13. The Kier molecular flexibility index (Phi) is 3.26. The molecule has 4 amide bonds. The smallest absolute Gasteiger partial charge is 0.262 e. The standard InChI is InChI=1S/C18H15FN4O4/c19-12-4-10-11(5-14(12)22-7-8-3-9(22)6-20-8)18(27)23(17(10)26)13-1-2-15(24)21-16(13)25/h1-2,4-5,8-9,13,20H,3,6-7H2,(H,21,24,25). The molecule has 2 bridgehead atoms. The third-order valence-corrected chi connectivity index (χ3v) is 5.57. The number of hydrogen-bond acceptors (Lipinski definition) is 6. The van der Waals surface area contributed by atoms with Crippen LogP contribution in [0.2, 0.25) is 0 Å². The highest BCUT2D eigenvalue weighted by Gasteiger charge is 2.45. The first-order chi connectivity index (χ1) is 12.9. The Morgan fingerprint density at radius 1 is 1.07 bits per heavy atom. The Morgan fingerprint density at radius 3 is 2.44 bits per heavy atom. The van der Waals surface area contributed by atoms with E-state index in [1.54, 1.807) is 0 Å². The van der Waals surface area contributed by atoms with E-state index < -0.39 is 35.5 Å². The highest BCUT2D eigenvalue weighted by atomic mass is 19.1. The van der Waals surface area contributed by atoms with Crippen LogP contribution in [-0.4, -0.2) is 59.7 Å². The van der Waals surface area contributed by atoms with Crippen LogP contribution in [0.3, 0.4) is 0 Å². The number of carbonyl (C=O) groups excluding carboxylic acids is 4. The zero-order valence-electron chi connectivity index (χ0n) is 14.1. The lowest BCUT2D eigenvalue weighted by Gasteiger charge is -2.30. The molecule has 4 heterocycles. The number of imide groups is 2. The van der Waals surface area contributed by atoms with E-state index in [1.807, 2.05) is 4.90 Å². The van der Waals surface area contributed by atoms with Crippen LogP contribution in [0, 0.1) is 5.82 Å². The van der Waals surface area contributed by atoms with Crippen LogP contribution in [0.25, 0.3) is 0 Å². The average molecular weight is 370 g/mol. The van der Waals surface area contributed by atoms with Crippen LogP contribution in [0.4, 0.5) is 10.1 Å². The van der Waals surface area contributed by atoms with Gasteiger partial charge in [0, 0.05) is 31.2 Å². The normalized spacial score (nSPS) is 29.0. The van der Waals surface area contributed by atoms with Crippen LogP contribution >= 0.6 is 0 Å². The predicted molar refractivity (Wildman–Crippen MR) is 90.5 cm³/mol. The number of piperazine rings is 1. The van der Waals surface area contributed by atoms with Crippen molar-refractivity contribution in [2.24, 2.45) is 0 Å². The monoisotopic (exact) mass is 370 g/mol. The Labute approximate surface area is 153 Å². The number of benzene rings is 1. The molecule has 138 valence electrons. The molecule has 0 saturated carbocycles. The molecule has 5 rings (SSSR count). The molecule has 0 spiro atoms. The summed E-state index contributed by atoms with van der Waals surface area (Å²) < 4.78 is 14.7. The van der Waals surface area contributed by atoms with Gasteiger partial charge >= 0.3 is 0 Å². The van der Waals surface area contributed by atoms with Gasteiger partial charge in [0.05, 0.1) is 16.8 Å². The molecule has 3 unspecified atom stereocenters. The molecule has 0 aliphatic carbocycles. The minimum Gasteiger partial charge on any atom is -0.363 e. The number of amides is 4. The fraction of sp³-hybridized carbons (Fsp3) is 0.333. The molecule has 4 aliphatic rings. The molecule has 8 nitrogen and oxygen atoms in total. The summed E-state index contributed by atoms with van der Waals surface area (Å²) >= 11 is 0. The number of carbonyl (C=O) groups is 4. The van der Waals surface area contributed by atoms with Crippen molar-refractivity contribution in [2.75, 3.05) is 18.0 Å². The maximum absolute atomic E-state index is 14.7. The quantitative estimate of drug-likeness (QED) is 0.685. The van der Waals surface area contributed by atoms with E-state index in [2.05, 4.69) is 10.6 Å². The van der Waals surface area contributed by atoms with Gasteiger partial charge in [0.15, 0.2) is 0 Å². The van der Waals surface area contributed by atoms with E-state index in [-0.39, 0.29) is 17.2 Å². The SMILES string of the molecule is O=C1C=CC(N2C(=O)c3cc(F)c(N4CC5CC4CN5)cc3C2=O)C(=O)N1. The van der Waals surface area contributed by atoms with Crippen LogP contribution < -0.4 is 15.5 Å².